The third-order valence-electron chi connectivity index (χ3n) is 3.81. The minimum Gasteiger partial charge on any atom is -0.489 e. The average Bonchev–Trinajstić information content (AvgIpc) is 3.24. The Balaban J connectivity index is 1.31. The molecule has 25 heavy (non-hydrogen) atoms. The third-order valence-corrected chi connectivity index (χ3v) is 5.87. The van der Waals surface area contributed by atoms with E-state index in [4.69, 9.17) is 4.74 Å². The zero-order valence-corrected chi connectivity index (χ0v) is 15.8. The van der Waals surface area contributed by atoms with E-state index in [0.29, 0.717) is 13.1 Å². The number of para-hydroxylation sites is 1. The highest BCUT2D eigenvalue weighted by molar-refractivity contribution is 8.01. The van der Waals surface area contributed by atoms with Crippen LogP contribution in [-0.2, 0) is 0 Å². The van der Waals surface area contributed by atoms with Crippen LogP contribution in [0.15, 0.2) is 34.7 Å². The number of carbonyl (C=O) groups excluding carboxylic acids is 1. The summed E-state index contributed by atoms with van der Waals surface area (Å²) < 4.78 is 6.90. The molecule has 1 aliphatic heterocycles. The molecule has 0 aliphatic carbocycles. The van der Waals surface area contributed by atoms with Gasteiger partial charge in [0.15, 0.2) is 4.34 Å². The topological polar surface area (TPSA) is 67.4 Å². The van der Waals surface area contributed by atoms with E-state index in [9.17, 15) is 4.79 Å². The highest BCUT2D eigenvalue weighted by Gasteiger charge is 2.27. The molecule has 3 rings (SSSR count). The number of urea groups is 1. The Morgan fingerprint density at radius 3 is 3.00 bits per heavy atom. The van der Waals surface area contributed by atoms with Crippen LogP contribution < -0.4 is 10.1 Å². The number of nitrogens with one attached hydrogen (secondary N) is 1. The summed E-state index contributed by atoms with van der Waals surface area (Å²) in [6.45, 7) is 4.00. The number of nitrogens with zero attached hydrogens (tertiary/aromatic N) is 3. The molecule has 2 heterocycles. The van der Waals surface area contributed by atoms with E-state index < -0.39 is 0 Å². The summed E-state index contributed by atoms with van der Waals surface area (Å²) in [5.74, 6) is 1.79. The van der Waals surface area contributed by atoms with Gasteiger partial charge in [0.1, 0.15) is 16.9 Å². The fraction of sp³-hybridized carbons (Fsp3) is 0.471. The molecule has 1 atom stereocenters. The first-order chi connectivity index (χ1) is 12.2. The predicted molar refractivity (Wildman–Crippen MR) is 100 cm³/mol. The first kappa shape index (κ1) is 18.0. The maximum Gasteiger partial charge on any atom is 0.317 e. The smallest absolute Gasteiger partial charge is 0.317 e. The predicted octanol–water partition coefficient (Wildman–Crippen LogP) is 3.19. The van der Waals surface area contributed by atoms with Gasteiger partial charge in [0, 0.05) is 25.3 Å². The van der Waals surface area contributed by atoms with Crippen molar-refractivity contribution < 1.29 is 9.53 Å². The monoisotopic (exact) mass is 378 g/mol. The molecule has 2 aromatic rings. The second-order valence-corrected chi connectivity index (χ2v) is 8.33. The molecule has 2 amide bonds. The van der Waals surface area contributed by atoms with Gasteiger partial charge >= 0.3 is 6.03 Å². The lowest BCUT2D eigenvalue weighted by molar-refractivity contribution is 0.187. The Morgan fingerprint density at radius 1 is 1.40 bits per heavy atom. The number of likely N-dealkylation sites (tertiary alicyclic amines) is 1. The normalized spacial score (nSPS) is 16.8. The third kappa shape index (κ3) is 5.61. The van der Waals surface area contributed by atoms with Crippen LogP contribution in [0.2, 0.25) is 0 Å². The summed E-state index contributed by atoms with van der Waals surface area (Å²) in [5, 5.41) is 12.0. The van der Waals surface area contributed by atoms with Crippen molar-refractivity contribution >= 4 is 29.1 Å². The highest BCUT2D eigenvalue weighted by atomic mass is 32.2. The van der Waals surface area contributed by atoms with Crippen molar-refractivity contribution in [3.63, 3.8) is 0 Å². The Kier molecular flexibility index (Phi) is 6.52. The summed E-state index contributed by atoms with van der Waals surface area (Å²) in [6.07, 6.45) is 1.85. The molecule has 1 aromatic carbocycles. The molecule has 8 heteroatoms. The van der Waals surface area contributed by atoms with Gasteiger partial charge in [-0.2, -0.15) is 0 Å². The van der Waals surface area contributed by atoms with Crippen molar-refractivity contribution in [1.29, 1.82) is 0 Å². The van der Waals surface area contributed by atoms with E-state index >= 15 is 0 Å². The van der Waals surface area contributed by atoms with Crippen LogP contribution in [0.5, 0.6) is 5.75 Å². The molecule has 0 spiro atoms. The van der Waals surface area contributed by atoms with Crippen molar-refractivity contribution in [3.05, 3.63) is 35.3 Å². The minimum absolute atomic E-state index is 0.00378. The van der Waals surface area contributed by atoms with Gasteiger partial charge in [-0.15, -0.1) is 10.2 Å². The highest BCUT2D eigenvalue weighted by Crippen LogP contribution is 2.22. The van der Waals surface area contributed by atoms with Gasteiger partial charge in [-0.05, 0) is 25.5 Å². The number of hydrogen-bond acceptors (Lipinski definition) is 6. The minimum atomic E-state index is -0.00378. The first-order valence-electron chi connectivity index (χ1n) is 8.38. The zero-order valence-electron chi connectivity index (χ0n) is 14.2. The molecule has 1 saturated heterocycles. The van der Waals surface area contributed by atoms with E-state index in [1.54, 1.807) is 23.1 Å². The number of amides is 2. The fourth-order valence-corrected chi connectivity index (χ4v) is 4.40. The molecule has 1 aliphatic rings. The van der Waals surface area contributed by atoms with E-state index in [2.05, 4.69) is 15.5 Å². The molecule has 0 saturated carbocycles. The maximum atomic E-state index is 12.2. The Bertz CT molecular complexity index is 680. The lowest BCUT2D eigenvalue weighted by atomic mass is 10.3. The van der Waals surface area contributed by atoms with Crippen LogP contribution in [-0.4, -0.2) is 52.6 Å². The second-order valence-electron chi connectivity index (χ2n) is 5.81. The Morgan fingerprint density at radius 2 is 2.24 bits per heavy atom. The summed E-state index contributed by atoms with van der Waals surface area (Å²) >= 11 is 3.29. The van der Waals surface area contributed by atoms with Gasteiger partial charge in [-0.3, -0.25) is 0 Å². The van der Waals surface area contributed by atoms with E-state index in [1.807, 2.05) is 42.2 Å². The van der Waals surface area contributed by atoms with Gasteiger partial charge in [0.25, 0.3) is 0 Å². The van der Waals surface area contributed by atoms with Gasteiger partial charge < -0.3 is 15.0 Å². The lowest BCUT2D eigenvalue weighted by Gasteiger charge is -2.18. The number of hydrogen-bond donors (Lipinski definition) is 1. The van der Waals surface area contributed by atoms with Crippen molar-refractivity contribution in [2.75, 3.05) is 25.4 Å². The fourth-order valence-electron chi connectivity index (χ4n) is 2.58. The summed E-state index contributed by atoms with van der Waals surface area (Å²) in [5.41, 5.74) is 0. The second kappa shape index (κ2) is 9.05. The standard InChI is InChI=1S/C17H22N4O2S2/c1-13-19-20-17(25-13)24-11-5-9-18-16(22)21-10-8-15(12-21)23-14-6-3-2-4-7-14/h2-4,6-7,15H,5,8-12H2,1H3,(H,18,22)/t15-/m1/s1. The Hall–Kier alpha value is -1.80. The number of aromatic nitrogens is 2. The van der Waals surface area contributed by atoms with Crippen LogP contribution in [0, 0.1) is 6.92 Å². The summed E-state index contributed by atoms with van der Waals surface area (Å²) in [6, 6.07) is 9.76. The molecule has 134 valence electrons. The van der Waals surface area contributed by atoms with E-state index in [0.717, 1.165) is 40.2 Å². The van der Waals surface area contributed by atoms with Crippen LogP contribution in [0.25, 0.3) is 0 Å². The molecule has 0 bridgehead atoms. The van der Waals surface area contributed by atoms with Gasteiger partial charge in [-0.1, -0.05) is 41.3 Å². The van der Waals surface area contributed by atoms with Crippen LogP contribution in [0.3, 0.4) is 0 Å². The average molecular weight is 379 g/mol. The number of rotatable bonds is 7. The number of benzene rings is 1. The molecule has 0 unspecified atom stereocenters. The number of ether oxygens (including phenoxy) is 1. The molecular formula is C17H22N4O2S2. The molecule has 0 radical (unpaired) electrons. The summed E-state index contributed by atoms with van der Waals surface area (Å²) in [7, 11) is 0. The number of thioether (sulfide) groups is 1. The first-order valence-corrected chi connectivity index (χ1v) is 10.2. The largest absolute Gasteiger partial charge is 0.489 e. The van der Waals surface area contributed by atoms with Crippen molar-refractivity contribution in [2.45, 2.75) is 30.2 Å². The van der Waals surface area contributed by atoms with Gasteiger partial charge in [-0.25, -0.2) is 4.79 Å². The quantitative estimate of drug-likeness (QED) is 0.592. The number of aryl methyl sites for hydroxylation is 1. The van der Waals surface area contributed by atoms with Gasteiger partial charge in [0.05, 0.1) is 6.54 Å². The van der Waals surface area contributed by atoms with Crippen LogP contribution in [0.1, 0.15) is 17.8 Å². The Labute approximate surface area is 156 Å². The van der Waals surface area contributed by atoms with E-state index in [-0.39, 0.29) is 12.1 Å². The van der Waals surface area contributed by atoms with Crippen molar-refractivity contribution in [3.8, 4) is 5.75 Å². The molecular weight excluding hydrogens is 356 g/mol. The van der Waals surface area contributed by atoms with Crippen molar-refractivity contribution in [2.24, 2.45) is 0 Å². The summed E-state index contributed by atoms with van der Waals surface area (Å²) in [4.78, 5) is 14.0. The SMILES string of the molecule is Cc1nnc(SCCCNC(=O)N2CC[C@@H](Oc3ccccc3)C2)s1. The van der Waals surface area contributed by atoms with E-state index in [1.165, 1.54) is 0 Å². The molecule has 1 N–H and O–H groups in total. The number of carbonyl (C=O) groups is 1. The van der Waals surface area contributed by atoms with Gasteiger partial charge in [0.2, 0.25) is 0 Å². The molecule has 6 nitrogen and oxygen atoms in total. The van der Waals surface area contributed by atoms with Crippen LogP contribution in [0.4, 0.5) is 4.79 Å². The van der Waals surface area contributed by atoms with Crippen molar-refractivity contribution in [1.82, 2.24) is 20.4 Å². The molecule has 1 aromatic heterocycles. The zero-order chi connectivity index (χ0) is 17.5. The lowest BCUT2D eigenvalue weighted by Crippen LogP contribution is -2.39. The maximum absolute atomic E-state index is 12.2. The molecule has 1 fully saturated rings. The van der Waals surface area contributed by atoms with Crippen LogP contribution >= 0.6 is 23.1 Å².